The molecule has 0 unspecified atom stereocenters. The van der Waals surface area contributed by atoms with E-state index in [-0.39, 0.29) is 0 Å². The molecule has 0 atom stereocenters. The fourth-order valence-corrected chi connectivity index (χ4v) is 2.49. The third kappa shape index (κ3) is 4.90. The van der Waals surface area contributed by atoms with Crippen LogP contribution in [0.4, 0.5) is 0 Å². The molecule has 0 saturated heterocycles. The van der Waals surface area contributed by atoms with Gasteiger partial charge in [-0.1, -0.05) is 22.9 Å². The van der Waals surface area contributed by atoms with Gasteiger partial charge in [0.1, 0.15) is 5.75 Å². The SMILES string of the molecule is CCNCc1cc(Br)cc(C)c1OCCSC. The Hall–Kier alpha value is -0.190. The zero-order valence-electron chi connectivity index (χ0n) is 10.7. The predicted molar refractivity (Wildman–Crippen MR) is 80.1 cm³/mol. The van der Waals surface area contributed by atoms with Crippen molar-refractivity contribution >= 4 is 27.7 Å². The number of nitrogens with one attached hydrogen (secondary N) is 1. The summed E-state index contributed by atoms with van der Waals surface area (Å²) in [6.07, 6.45) is 2.09. The number of hydrogen-bond donors (Lipinski definition) is 1. The summed E-state index contributed by atoms with van der Waals surface area (Å²) in [6.45, 7) is 6.79. The highest BCUT2D eigenvalue weighted by Crippen LogP contribution is 2.28. The fourth-order valence-electron chi connectivity index (χ4n) is 1.62. The maximum atomic E-state index is 5.88. The van der Waals surface area contributed by atoms with Crippen LogP contribution < -0.4 is 10.1 Å². The average Bonchev–Trinajstić information content (AvgIpc) is 2.29. The summed E-state index contributed by atoms with van der Waals surface area (Å²) in [6, 6.07) is 4.23. The van der Waals surface area contributed by atoms with Gasteiger partial charge in [0, 0.05) is 22.3 Å². The number of halogens is 1. The maximum absolute atomic E-state index is 5.88. The molecule has 96 valence electrons. The van der Waals surface area contributed by atoms with E-state index in [9.17, 15) is 0 Å². The second-order valence-electron chi connectivity index (χ2n) is 3.83. The van der Waals surface area contributed by atoms with Crippen LogP contribution in [0, 0.1) is 6.92 Å². The van der Waals surface area contributed by atoms with Gasteiger partial charge in [0.15, 0.2) is 0 Å². The molecule has 0 aromatic heterocycles. The van der Waals surface area contributed by atoms with Crippen LogP contribution in [0.2, 0.25) is 0 Å². The van der Waals surface area contributed by atoms with E-state index in [0.29, 0.717) is 0 Å². The van der Waals surface area contributed by atoms with Gasteiger partial charge in [-0.05, 0) is 37.4 Å². The van der Waals surface area contributed by atoms with Crippen LogP contribution in [-0.4, -0.2) is 25.2 Å². The van der Waals surface area contributed by atoms with E-state index in [0.717, 1.165) is 35.7 Å². The van der Waals surface area contributed by atoms with Crippen LogP contribution in [0.3, 0.4) is 0 Å². The van der Waals surface area contributed by atoms with E-state index in [1.165, 1.54) is 11.1 Å². The van der Waals surface area contributed by atoms with Crippen molar-refractivity contribution in [3.8, 4) is 5.75 Å². The molecule has 1 aromatic rings. The lowest BCUT2D eigenvalue weighted by Gasteiger charge is -2.15. The minimum absolute atomic E-state index is 0.767. The summed E-state index contributed by atoms with van der Waals surface area (Å²) >= 11 is 5.34. The van der Waals surface area contributed by atoms with Crippen molar-refractivity contribution in [1.29, 1.82) is 0 Å². The number of ether oxygens (including phenoxy) is 1. The molecule has 0 aliphatic rings. The average molecular weight is 318 g/mol. The molecule has 0 spiro atoms. The summed E-state index contributed by atoms with van der Waals surface area (Å²) in [5.74, 6) is 2.05. The molecule has 0 fully saturated rings. The standard InChI is InChI=1S/C13H20BrNOS/c1-4-15-9-11-8-12(14)7-10(2)13(11)16-5-6-17-3/h7-8,15H,4-6,9H2,1-3H3. The van der Waals surface area contributed by atoms with Crippen LogP contribution in [0.25, 0.3) is 0 Å². The van der Waals surface area contributed by atoms with Crippen LogP contribution in [-0.2, 0) is 6.54 Å². The number of aryl methyl sites for hydroxylation is 1. The van der Waals surface area contributed by atoms with E-state index in [1.54, 1.807) is 11.8 Å². The van der Waals surface area contributed by atoms with Crippen LogP contribution in [0.1, 0.15) is 18.1 Å². The van der Waals surface area contributed by atoms with Gasteiger partial charge in [-0.3, -0.25) is 0 Å². The van der Waals surface area contributed by atoms with Crippen molar-refractivity contribution in [2.24, 2.45) is 0 Å². The highest BCUT2D eigenvalue weighted by atomic mass is 79.9. The van der Waals surface area contributed by atoms with Gasteiger partial charge in [-0.25, -0.2) is 0 Å². The van der Waals surface area contributed by atoms with Crippen LogP contribution in [0.5, 0.6) is 5.75 Å². The molecule has 0 aliphatic carbocycles. The van der Waals surface area contributed by atoms with Gasteiger partial charge < -0.3 is 10.1 Å². The number of thioether (sulfide) groups is 1. The van der Waals surface area contributed by atoms with Gasteiger partial charge in [-0.2, -0.15) is 11.8 Å². The van der Waals surface area contributed by atoms with Crippen LogP contribution >= 0.6 is 27.7 Å². The lowest BCUT2D eigenvalue weighted by atomic mass is 10.1. The lowest BCUT2D eigenvalue weighted by Crippen LogP contribution is -2.14. The maximum Gasteiger partial charge on any atom is 0.126 e. The molecule has 1 rings (SSSR count). The van der Waals surface area contributed by atoms with E-state index in [2.05, 4.69) is 53.5 Å². The fraction of sp³-hybridized carbons (Fsp3) is 0.538. The largest absolute Gasteiger partial charge is 0.492 e. The molecule has 17 heavy (non-hydrogen) atoms. The Bertz CT molecular complexity index is 358. The molecular formula is C13H20BrNOS. The Morgan fingerprint density at radius 2 is 2.18 bits per heavy atom. The smallest absolute Gasteiger partial charge is 0.126 e. The minimum atomic E-state index is 0.767. The molecule has 0 radical (unpaired) electrons. The van der Waals surface area contributed by atoms with Gasteiger partial charge in [0.2, 0.25) is 0 Å². The molecule has 0 heterocycles. The predicted octanol–water partition coefficient (Wildman–Crippen LogP) is 3.61. The first-order valence-electron chi connectivity index (χ1n) is 5.80. The topological polar surface area (TPSA) is 21.3 Å². The first-order valence-corrected chi connectivity index (χ1v) is 7.99. The van der Waals surface area contributed by atoms with Crippen molar-refractivity contribution < 1.29 is 4.74 Å². The molecule has 1 aromatic carbocycles. The molecular weight excluding hydrogens is 298 g/mol. The molecule has 0 aliphatic heterocycles. The van der Waals surface area contributed by atoms with Crippen LogP contribution in [0.15, 0.2) is 16.6 Å². The van der Waals surface area contributed by atoms with Crippen molar-refractivity contribution in [2.75, 3.05) is 25.2 Å². The number of hydrogen-bond acceptors (Lipinski definition) is 3. The highest BCUT2D eigenvalue weighted by Gasteiger charge is 2.08. The minimum Gasteiger partial charge on any atom is -0.492 e. The Morgan fingerprint density at radius 1 is 1.41 bits per heavy atom. The molecule has 1 N–H and O–H groups in total. The van der Waals surface area contributed by atoms with Gasteiger partial charge in [0.05, 0.1) is 6.61 Å². The number of benzene rings is 1. The normalized spacial score (nSPS) is 10.6. The third-order valence-electron chi connectivity index (χ3n) is 2.42. The Kier molecular flexibility index (Phi) is 7.00. The summed E-state index contributed by atoms with van der Waals surface area (Å²) in [4.78, 5) is 0. The Labute approximate surface area is 117 Å². The third-order valence-corrected chi connectivity index (χ3v) is 3.45. The highest BCUT2D eigenvalue weighted by molar-refractivity contribution is 9.10. The zero-order chi connectivity index (χ0) is 12.7. The molecule has 0 saturated carbocycles. The molecule has 4 heteroatoms. The second-order valence-corrected chi connectivity index (χ2v) is 5.73. The summed E-state index contributed by atoms with van der Waals surface area (Å²) in [5.41, 5.74) is 2.41. The van der Waals surface area contributed by atoms with E-state index in [4.69, 9.17) is 4.74 Å². The zero-order valence-corrected chi connectivity index (χ0v) is 13.1. The molecule has 0 bridgehead atoms. The summed E-state index contributed by atoms with van der Waals surface area (Å²) < 4.78 is 6.99. The van der Waals surface area contributed by atoms with Crippen molar-refractivity contribution in [2.45, 2.75) is 20.4 Å². The van der Waals surface area contributed by atoms with Crippen molar-refractivity contribution in [3.63, 3.8) is 0 Å². The summed E-state index contributed by atoms with van der Waals surface area (Å²) in [7, 11) is 0. The summed E-state index contributed by atoms with van der Waals surface area (Å²) in [5, 5.41) is 3.34. The first-order chi connectivity index (χ1) is 8.19. The molecule has 0 amide bonds. The molecule has 2 nitrogen and oxygen atoms in total. The van der Waals surface area contributed by atoms with Crippen molar-refractivity contribution in [1.82, 2.24) is 5.32 Å². The second kappa shape index (κ2) is 8.01. The quantitative estimate of drug-likeness (QED) is 0.776. The van der Waals surface area contributed by atoms with Crippen molar-refractivity contribution in [3.05, 3.63) is 27.7 Å². The van der Waals surface area contributed by atoms with Gasteiger partial charge in [-0.15, -0.1) is 0 Å². The van der Waals surface area contributed by atoms with E-state index >= 15 is 0 Å². The Morgan fingerprint density at radius 3 is 2.82 bits per heavy atom. The van der Waals surface area contributed by atoms with E-state index in [1.807, 2.05) is 0 Å². The first kappa shape index (κ1) is 14.9. The Balaban J connectivity index is 2.82. The number of rotatable bonds is 7. The lowest BCUT2D eigenvalue weighted by molar-refractivity contribution is 0.337. The van der Waals surface area contributed by atoms with Gasteiger partial charge in [0.25, 0.3) is 0 Å². The monoisotopic (exact) mass is 317 g/mol. The van der Waals surface area contributed by atoms with E-state index < -0.39 is 0 Å². The van der Waals surface area contributed by atoms with Gasteiger partial charge >= 0.3 is 0 Å².